The molecule has 6 heteroatoms. The summed E-state index contributed by atoms with van der Waals surface area (Å²) >= 11 is 12.9. The lowest BCUT2D eigenvalue weighted by molar-refractivity contribution is -0.145. The number of carboxylic acids is 1. The molecule has 0 amide bonds. The van der Waals surface area contributed by atoms with Gasteiger partial charge in [0.25, 0.3) is 0 Å². The third kappa shape index (κ3) is 14.1. The number of allylic oxidation sites excluding steroid dienone is 2. The van der Waals surface area contributed by atoms with E-state index in [1.165, 1.54) is 0 Å². The fourth-order valence-electron chi connectivity index (χ4n) is 5.48. The van der Waals surface area contributed by atoms with Crippen LogP contribution in [0.5, 0.6) is 0 Å². The number of esters is 1. The van der Waals surface area contributed by atoms with E-state index in [1.807, 2.05) is 69.3 Å². The maximum Gasteiger partial charge on any atom is 0.314 e. The monoisotopic (exact) mass is 700 g/mol. The summed E-state index contributed by atoms with van der Waals surface area (Å²) in [6, 6.07) is 11.6. The molecule has 0 heterocycles. The summed E-state index contributed by atoms with van der Waals surface area (Å²) in [4.78, 5) is 24.2. The standard InChI is InChI=1S/2C21H31ClO2/c1-15(2)8-7-13-24-20(23)16(3)18-10-9-17(19(22)14-18)11-12-21(4,5)6;1-8-17(14(2)3)21(7,19(23)24)16-10-9-15(18(22)13-16)11-12-20(4,5)6/h7-10,14-16H,11-13H2,1-6H3;8-10,13-14,17H,1,11-12H2,2-7H3,(H,23,24)/b8-7+;. The van der Waals surface area contributed by atoms with Crippen molar-refractivity contribution in [3.05, 3.63) is 93.5 Å². The molecular formula is C42H62Cl2O4. The van der Waals surface area contributed by atoms with Crippen LogP contribution < -0.4 is 0 Å². The quantitative estimate of drug-likeness (QED) is 0.157. The number of hydrogen-bond donors (Lipinski definition) is 1. The molecule has 2 aromatic carbocycles. The maximum absolute atomic E-state index is 12.1. The summed E-state index contributed by atoms with van der Waals surface area (Å²) in [6.45, 7) is 29.3. The van der Waals surface area contributed by atoms with Gasteiger partial charge >= 0.3 is 11.9 Å². The molecule has 0 saturated heterocycles. The number of ether oxygens (including phenoxy) is 1. The van der Waals surface area contributed by atoms with Gasteiger partial charge in [0.1, 0.15) is 6.61 Å². The highest BCUT2D eigenvalue weighted by molar-refractivity contribution is 6.31. The lowest BCUT2D eigenvalue weighted by Crippen LogP contribution is -2.41. The van der Waals surface area contributed by atoms with Crippen LogP contribution in [0.4, 0.5) is 0 Å². The number of benzene rings is 2. The van der Waals surface area contributed by atoms with E-state index in [4.69, 9.17) is 27.9 Å². The average molecular weight is 702 g/mol. The zero-order valence-electron chi connectivity index (χ0n) is 31.7. The van der Waals surface area contributed by atoms with Crippen molar-refractivity contribution in [2.45, 2.75) is 120 Å². The van der Waals surface area contributed by atoms with Crippen LogP contribution in [0.2, 0.25) is 10.0 Å². The van der Waals surface area contributed by atoms with Crippen molar-refractivity contribution in [1.82, 2.24) is 0 Å². The Bertz CT molecular complexity index is 1380. The Labute approximate surface area is 302 Å². The minimum atomic E-state index is -1.04. The largest absolute Gasteiger partial charge is 0.481 e. The maximum atomic E-state index is 12.1. The summed E-state index contributed by atoms with van der Waals surface area (Å²) in [7, 11) is 0. The number of carbonyl (C=O) groups is 2. The molecule has 0 radical (unpaired) electrons. The van der Waals surface area contributed by atoms with Crippen LogP contribution in [0.25, 0.3) is 0 Å². The van der Waals surface area contributed by atoms with E-state index in [2.05, 4.69) is 62.0 Å². The molecule has 0 bridgehead atoms. The summed E-state index contributed by atoms with van der Waals surface area (Å²) in [5.74, 6) is -0.928. The first-order chi connectivity index (χ1) is 22.0. The predicted octanol–water partition coefficient (Wildman–Crippen LogP) is 12.3. The third-order valence-corrected chi connectivity index (χ3v) is 9.50. The second-order valence-corrected chi connectivity index (χ2v) is 17.1. The molecule has 268 valence electrons. The van der Waals surface area contributed by atoms with Crippen molar-refractivity contribution in [1.29, 1.82) is 0 Å². The van der Waals surface area contributed by atoms with Crippen molar-refractivity contribution in [3.63, 3.8) is 0 Å². The fourth-order valence-corrected chi connectivity index (χ4v) is 6.04. The highest BCUT2D eigenvalue weighted by Gasteiger charge is 2.43. The number of carboxylic acid groups (broad SMARTS) is 1. The van der Waals surface area contributed by atoms with Crippen LogP contribution in [-0.4, -0.2) is 23.7 Å². The van der Waals surface area contributed by atoms with Crippen LogP contribution in [0.1, 0.15) is 124 Å². The highest BCUT2D eigenvalue weighted by Crippen LogP contribution is 2.40. The Kier molecular flexibility index (Phi) is 17.2. The Balaban J connectivity index is 0.000000480. The minimum absolute atomic E-state index is 0.169. The minimum Gasteiger partial charge on any atom is -0.481 e. The molecule has 48 heavy (non-hydrogen) atoms. The summed E-state index contributed by atoms with van der Waals surface area (Å²) in [5.41, 5.74) is 3.32. The van der Waals surface area contributed by atoms with Gasteiger partial charge in [0.05, 0.1) is 11.3 Å². The molecule has 0 aliphatic rings. The van der Waals surface area contributed by atoms with Gasteiger partial charge in [0.2, 0.25) is 0 Å². The first-order valence-electron chi connectivity index (χ1n) is 17.3. The Morgan fingerprint density at radius 1 is 0.833 bits per heavy atom. The number of hydrogen-bond acceptors (Lipinski definition) is 3. The molecule has 2 rings (SSSR count). The van der Waals surface area contributed by atoms with Gasteiger partial charge in [0.15, 0.2) is 0 Å². The van der Waals surface area contributed by atoms with Crippen molar-refractivity contribution >= 4 is 35.1 Å². The van der Waals surface area contributed by atoms with Crippen LogP contribution in [0, 0.1) is 28.6 Å². The van der Waals surface area contributed by atoms with E-state index in [1.54, 1.807) is 13.0 Å². The van der Waals surface area contributed by atoms with Gasteiger partial charge in [-0.05, 0) is 103 Å². The number of rotatable bonds is 14. The molecule has 0 aliphatic heterocycles. The number of carbonyl (C=O) groups excluding carboxylic acids is 1. The van der Waals surface area contributed by atoms with Crippen LogP contribution in [-0.2, 0) is 32.6 Å². The topological polar surface area (TPSA) is 63.6 Å². The molecular weight excluding hydrogens is 639 g/mol. The summed E-state index contributed by atoms with van der Waals surface area (Å²) < 4.78 is 5.30. The SMILES string of the molecule is C=CC(C(C)C)C(C)(C(=O)O)c1ccc(CCC(C)(C)C)c(Cl)c1.CC(C)/C=C/COC(=O)C(C)c1ccc(CCC(C)(C)C)c(Cl)c1. The Morgan fingerprint density at radius 2 is 1.33 bits per heavy atom. The Morgan fingerprint density at radius 3 is 1.73 bits per heavy atom. The van der Waals surface area contributed by atoms with E-state index in [9.17, 15) is 14.7 Å². The smallest absolute Gasteiger partial charge is 0.314 e. The van der Waals surface area contributed by atoms with Gasteiger partial charge in [-0.2, -0.15) is 0 Å². The van der Waals surface area contributed by atoms with Gasteiger partial charge in [-0.1, -0.05) is 135 Å². The number of aryl methyl sites for hydroxylation is 2. The summed E-state index contributed by atoms with van der Waals surface area (Å²) in [5, 5.41) is 11.3. The van der Waals surface area contributed by atoms with Crippen LogP contribution >= 0.6 is 23.2 Å². The van der Waals surface area contributed by atoms with Crippen molar-refractivity contribution in [2.75, 3.05) is 6.61 Å². The zero-order chi connectivity index (χ0) is 37.0. The van der Waals surface area contributed by atoms with Crippen molar-refractivity contribution in [2.24, 2.45) is 28.6 Å². The van der Waals surface area contributed by atoms with E-state index in [0.29, 0.717) is 17.5 Å². The van der Waals surface area contributed by atoms with Gasteiger partial charge in [-0.3, -0.25) is 9.59 Å². The number of halogens is 2. The molecule has 2 aromatic rings. The lowest BCUT2D eigenvalue weighted by atomic mass is 9.67. The predicted molar refractivity (Wildman–Crippen MR) is 205 cm³/mol. The average Bonchev–Trinajstić information content (AvgIpc) is 2.96. The first kappa shape index (κ1) is 43.5. The molecule has 3 unspecified atom stereocenters. The van der Waals surface area contributed by atoms with Crippen LogP contribution in [0.3, 0.4) is 0 Å². The van der Waals surface area contributed by atoms with Gasteiger partial charge in [0, 0.05) is 10.0 Å². The molecule has 0 spiro atoms. The highest BCUT2D eigenvalue weighted by atomic mass is 35.5. The van der Waals surface area contributed by atoms with Gasteiger partial charge in [-0.25, -0.2) is 0 Å². The van der Waals surface area contributed by atoms with Crippen molar-refractivity contribution < 1.29 is 19.4 Å². The second-order valence-electron chi connectivity index (χ2n) is 16.3. The third-order valence-electron chi connectivity index (χ3n) is 8.80. The molecule has 0 aromatic heterocycles. The van der Waals surface area contributed by atoms with E-state index < -0.39 is 11.4 Å². The van der Waals surface area contributed by atoms with Gasteiger partial charge in [-0.15, -0.1) is 6.58 Å². The summed E-state index contributed by atoms with van der Waals surface area (Å²) in [6.07, 6.45) is 9.61. The fraction of sp³-hybridized carbons (Fsp3) is 0.571. The Hall–Kier alpha value is -2.56. The molecule has 0 saturated carbocycles. The molecule has 1 N–H and O–H groups in total. The van der Waals surface area contributed by atoms with Gasteiger partial charge < -0.3 is 9.84 Å². The van der Waals surface area contributed by atoms with E-state index >= 15 is 0 Å². The van der Waals surface area contributed by atoms with E-state index in [-0.39, 0.29) is 34.6 Å². The van der Waals surface area contributed by atoms with E-state index in [0.717, 1.165) is 53.0 Å². The molecule has 4 nitrogen and oxygen atoms in total. The molecule has 0 fully saturated rings. The number of aliphatic carboxylic acids is 1. The molecule has 0 aliphatic carbocycles. The first-order valence-corrected chi connectivity index (χ1v) is 18.1. The molecule has 3 atom stereocenters. The lowest BCUT2D eigenvalue weighted by Gasteiger charge is -2.35. The van der Waals surface area contributed by atoms with Crippen molar-refractivity contribution in [3.8, 4) is 0 Å². The normalized spacial score (nSPS) is 14.7. The zero-order valence-corrected chi connectivity index (χ0v) is 33.2. The van der Waals surface area contributed by atoms with Crippen LogP contribution in [0.15, 0.2) is 61.2 Å². The second kappa shape index (κ2) is 19.0.